The van der Waals surface area contributed by atoms with E-state index in [2.05, 4.69) is 17.3 Å². The molecule has 2 atom stereocenters. The maximum absolute atomic E-state index is 12.9. The zero-order chi connectivity index (χ0) is 13.6. The third-order valence-electron chi connectivity index (χ3n) is 3.61. The molecule has 1 aromatic heterocycles. The van der Waals surface area contributed by atoms with Crippen LogP contribution in [0.4, 0.5) is 4.39 Å². The van der Waals surface area contributed by atoms with Crippen molar-refractivity contribution in [3.63, 3.8) is 0 Å². The normalized spacial score (nSPS) is 26.9. The van der Waals surface area contributed by atoms with Crippen molar-refractivity contribution in [1.82, 2.24) is 20.2 Å². The number of rotatable bonds is 1. The Hall–Kier alpha value is -1.47. The van der Waals surface area contributed by atoms with Gasteiger partial charge in [-0.15, -0.1) is 0 Å². The molecule has 1 aromatic rings. The summed E-state index contributed by atoms with van der Waals surface area (Å²) < 4.78 is 14.5. The molecule has 0 aliphatic carbocycles. The predicted molar refractivity (Wildman–Crippen MR) is 65.2 cm³/mol. The van der Waals surface area contributed by atoms with Crippen LogP contribution in [0, 0.1) is 0 Å². The topological polar surface area (TPSA) is 59.4 Å². The summed E-state index contributed by atoms with van der Waals surface area (Å²) >= 11 is 0. The van der Waals surface area contributed by atoms with Gasteiger partial charge in [-0.25, -0.2) is 9.45 Å². The minimum atomic E-state index is -0.665. The molecule has 0 saturated carbocycles. The number of halogens is 1. The molecule has 2 aliphatic rings. The van der Waals surface area contributed by atoms with E-state index in [9.17, 15) is 9.18 Å². The molecule has 0 fully saturated rings. The van der Waals surface area contributed by atoms with Gasteiger partial charge in [0.1, 0.15) is 18.5 Å². The van der Waals surface area contributed by atoms with Gasteiger partial charge in [0.25, 0.3) is 5.91 Å². The lowest BCUT2D eigenvalue weighted by atomic mass is 10.0. The van der Waals surface area contributed by atoms with Crippen molar-refractivity contribution in [1.29, 1.82) is 0 Å². The van der Waals surface area contributed by atoms with Gasteiger partial charge in [-0.2, -0.15) is 5.10 Å². The predicted octanol–water partition coefficient (Wildman–Crippen LogP) is 0.273. The lowest BCUT2D eigenvalue weighted by molar-refractivity contribution is -0.152. The van der Waals surface area contributed by atoms with E-state index >= 15 is 0 Å². The summed E-state index contributed by atoms with van der Waals surface area (Å²) in [6.07, 6.45) is 0.120. The van der Waals surface area contributed by atoms with Crippen LogP contribution in [-0.2, 0) is 24.3 Å². The maximum atomic E-state index is 12.9. The van der Waals surface area contributed by atoms with Gasteiger partial charge in [0.2, 0.25) is 0 Å². The standard InChI is InChI=1S/C12H17FN4O2/c1-7-3-10-9(5-14-7)11-12(18)16(2)19-8(4-13)6-17(11)15-10/h7-8,14H,3-6H2,1-2H3/t7-,8+/m1/s1. The fraction of sp³-hybridized carbons (Fsp3) is 0.667. The van der Waals surface area contributed by atoms with Gasteiger partial charge in [0, 0.05) is 31.6 Å². The molecule has 0 unspecified atom stereocenters. The van der Waals surface area contributed by atoms with Crippen LogP contribution in [0.2, 0.25) is 0 Å². The largest absolute Gasteiger partial charge is 0.310 e. The molecule has 19 heavy (non-hydrogen) atoms. The first kappa shape index (κ1) is 12.6. The van der Waals surface area contributed by atoms with Gasteiger partial charge in [0.15, 0.2) is 0 Å². The molecule has 104 valence electrons. The van der Waals surface area contributed by atoms with Crippen molar-refractivity contribution < 1.29 is 14.0 Å². The first-order chi connectivity index (χ1) is 9.10. The highest BCUT2D eigenvalue weighted by atomic mass is 19.1. The SMILES string of the molecule is C[C@@H]1Cc2nn3c(c2CN1)C(=O)N(C)O[C@@H](CF)C3. The van der Waals surface area contributed by atoms with Crippen molar-refractivity contribution in [2.24, 2.45) is 0 Å². The van der Waals surface area contributed by atoms with Crippen molar-refractivity contribution in [3.05, 3.63) is 17.0 Å². The van der Waals surface area contributed by atoms with Crippen LogP contribution >= 0.6 is 0 Å². The Morgan fingerprint density at radius 2 is 2.37 bits per heavy atom. The number of fused-ring (bicyclic) bond motifs is 3. The van der Waals surface area contributed by atoms with Crippen LogP contribution < -0.4 is 5.32 Å². The number of amides is 1. The van der Waals surface area contributed by atoms with Crippen LogP contribution in [0.3, 0.4) is 0 Å². The molecule has 0 aromatic carbocycles. The zero-order valence-corrected chi connectivity index (χ0v) is 11.0. The maximum Gasteiger partial charge on any atom is 0.295 e. The van der Waals surface area contributed by atoms with Crippen LogP contribution in [-0.4, -0.2) is 46.6 Å². The number of hydroxylamine groups is 2. The molecule has 0 bridgehead atoms. The number of alkyl halides is 1. The van der Waals surface area contributed by atoms with Crippen molar-refractivity contribution in [3.8, 4) is 0 Å². The Morgan fingerprint density at radius 3 is 3.11 bits per heavy atom. The Balaban J connectivity index is 2.05. The highest BCUT2D eigenvalue weighted by molar-refractivity contribution is 5.93. The summed E-state index contributed by atoms with van der Waals surface area (Å²) in [5, 5.41) is 8.90. The van der Waals surface area contributed by atoms with Gasteiger partial charge in [0.05, 0.1) is 12.2 Å². The molecule has 0 saturated heterocycles. The van der Waals surface area contributed by atoms with Gasteiger partial charge in [-0.05, 0) is 6.92 Å². The first-order valence-corrected chi connectivity index (χ1v) is 6.43. The van der Waals surface area contributed by atoms with E-state index in [-0.39, 0.29) is 12.5 Å². The lowest BCUT2D eigenvalue weighted by Gasteiger charge is -2.21. The first-order valence-electron chi connectivity index (χ1n) is 6.43. The average Bonchev–Trinajstić information content (AvgIpc) is 2.68. The molecule has 7 heteroatoms. The van der Waals surface area contributed by atoms with Crippen LogP contribution in [0.5, 0.6) is 0 Å². The summed E-state index contributed by atoms with van der Waals surface area (Å²) in [7, 11) is 1.51. The van der Waals surface area contributed by atoms with E-state index in [4.69, 9.17) is 4.84 Å². The van der Waals surface area contributed by atoms with Gasteiger partial charge < -0.3 is 5.32 Å². The van der Waals surface area contributed by atoms with E-state index in [0.717, 1.165) is 22.7 Å². The molecule has 3 rings (SSSR count). The summed E-state index contributed by atoms with van der Waals surface area (Å²) in [6.45, 7) is 2.32. The summed E-state index contributed by atoms with van der Waals surface area (Å²) in [6, 6.07) is 0.340. The molecule has 0 spiro atoms. The number of hydrogen-bond acceptors (Lipinski definition) is 4. The Kier molecular flexibility index (Phi) is 3.02. The average molecular weight is 268 g/mol. The van der Waals surface area contributed by atoms with E-state index in [1.54, 1.807) is 4.68 Å². The molecule has 1 amide bonds. The van der Waals surface area contributed by atoms with Crippen molar-refractivity contribution >= 4 is 5.91 Å². The second-order valence-corrected chi connectivity index (χ2v) is 5.13. The second kappa shape index (κ2) is 4.57. The molecular formula is C12H17FN4O2. The summed E-state index contributed by atoms with van der Waals surface area (Å²) in [5.74, 6) is -0.263. The zero-order valence-electron chi connectivity index (χ0n) is 11.0. The number of hydrogen-bond donors (Lipinski definition) is 1. The number of nitrogens with zero attached hydrogens (tertiary/aromatic N) is 3. The Bertz CT molecular complexity index is 516. The smallest absolute Gasteiger partial charge is 0.295 e. The van der Waals surface area contributed by atoms with Crippen LogP contribution in [0.1, 0.15) is 28.7 Å². The Morgan fingerprint density at radius 1 is 1.58 bits per heavy atom. The lowest BCUT2D eigenvalue weighted by Crippen LogP contribution is -2.35. The quantitative estimate of drug-likeness (QED) is 0.794. The van der Waals surface area contributed by atoms with E-state index < -0.39 is 12.8 Å². The highest BCUT2D eigenvalue weighted by Gasteiger charge is 2.33. The monoisotopic (exact) mass is 268 g/mol. The molecule has 6 nitrogen and oxygen atoms in total. The summed E-state index contributed by atoms with van der Waals surface area (Å²) in [5.41, 5.74) is 2.37. The molecule has 3 heterocycles. The summed E-state index contributed by atoms with van der Waals surface area (Å²) in [4.78, 5) is 17.6. The van der Waals surface area contributed by atoms with Crippen molar-refractivity contribution in [2.75, 3.05) is 13.7 Å². The number of aromatic nitrogens is 2. The van der Waals surface area contributed by atoms with E-state index in [0.29, 0.717) is 18.3 Å². The van der Waals surface area contributed by atoms with E-state index in [1.807, 2.05) is 0 Å². The second-order valence-electron chi connectivity index (χ2n) is 5.13. The van der Waals surface area contributed by atoms with Crippen LogP contribution in [0.25, 0.3) is 0 Å². The number of carbonyl (C=O) groups is 1. The third kappa shape index (κ3) is 2.02. The molecular weight excluding hydrogens is 251 g/mol. The minimum Gasteiger partial charge on any atom is -0.310 e. The third-order valence-corrected chi connectivity index (χ3v) is 3.61. The fourth-order valence-electron chi connectivity index (χ4n) is 2.63. The van der Waals surface area contributed by atoms with Crippen LogP contribution in [0.15, 0.2) is 0 Å². The number of carbonyl (C=O) groups excluding carboxylic acids is 1. The van der Waals surface area contributed by atoms with E-state index in [1.165, 1.54) is 7.05 Å². The van der Waals surface area contributed by atoms with Gasteiger partial charge >= 0.3 is 0 Å². The minimum absolute atomic E-state index is 0.263. The highest BCUT2D eigenvalue weighted by Crippen LogP contribution is 2.24. The van der Waals surface area contributed by atoms with Gasteiger partial charge in [-0.3, -0.25) is 14.3 Å². The Labute approximate surface area is 110 Å². The molecule has 1 N–H and O–H groups in total. The molecule has 0 radical (unpaired) electrons. The molecule has 2 aliphatic heterocycles. The number of nitrogens with one attached hydrogen (secondary N) is 1. The van der Waals surface area contributed by atoms with Gasteiger partial charge in [-0.1, -0.05) is 0 Å². The fourth-order valence-corrected chi connectivity index (χ4v) is 2.63. The van der Waals surface area contributed by atoms with Crippen molar-refractivity contribution in [2.45, 2.75) is 38.6 Å².